The lowest BCUT2D eigenvalue weighted by atomic mass is 10.1. The van der Waals surface area contributed by atoms with Crippen molar-refractivity contribution >= 4 is 17.6 Å². The maximum Gasteiger partial charge on any atom is 0.331 e. The van der Waals surface area contributed by atoms with Gasteiger partial charge >= 0.3 is 5.97 Å². The normalized spacial score (nSPS) is 18.5. The van der Waals surface area contributed by atoms with Gasteiger partial charge in [-0.15, -0.1) is 0 Å². The molecule has 1 aromatic rings. The molecule has 1 N–H and O–H groups in total. The van der Waals surface area contributed by atoms with E-state index in [0.717, 1.165) is 5.69 Å². The van der Waals surface area contributed by atoms with Crippen LogP contribution < -0.4 is 5.32 Å². The number of rotatable bonds is 3. The second-order valence-electron chi connectivity index (χ2n) is 4.41. The van der Waals surface area contributed by atoms with Crippen molar-refractivity contribution in [2.45, 2.75) is 6.04 Å². The number of nitrogens with one attached hydrogen (secondary N) is 1. The predicted octanol–water partition coefficient (Wildman–Crippen LogP) is 0.742. The van der Waals surface area contributed by atoms with Crippen LogP contribution in [0.3, 0.4) is 0 Å². The summed E-state index contributed by atoms with van der Waals surface area (Å²) in [7, 11) is 3.06. The van der Waals surface area contributed by atoms with Crippen LogP contribution in [0.15, 0.2) is 24.3 Å². The fraction of sp³-hybridized carbons (Fsp3) is 0.429. The van der Waals surface area contributed by atoms with E-state index in [0.29, 0.717) is 18.7 Å². The molecule has 0 saturated carbocycles. The van der Waals surface area contributed by atoms with Crippen LogP contribution in [0, 0.1) is 0 Å². The van der Waals surface area contributed by atoms with Crippen molar-refractivity contribution in [3.63, 3.8) is 0 Å². The van der Waals surface area contributed by atoms with E-state index in [-0.39, 0.29) is 12.5 Å². The summed E-state index contributed by atoms with van der Waals surface area (Å²) >= 11 is 0. The Morgan fingerprint density at radius 3 is 2.85 bits per heavy atom. The first-order valence-corrected chi connectivity index (χ1v) is 6.42. The largest absolute Gasteiger partial charge is 0.467 e. The van der Waals surface area contributed by atoms with E-state index < -0.39 is 12.0 Å². The summed E-state index contributed by atoms with van der Waals surface area (Å²) in [5.41, 5.74) is 1.26. The van der Waals surface area contributed by atoms with Crippen LogP contribution >= 0.6 is 0 Å². The van der Waals surface area contributed by atoms with Gasteiger partial charge in [0.1, 0.15) is 0 Å². The summed E-state index contributed by atoms with van der Waals surface area (Å²) in [6.45, 7) is 0.956. The number of morpholine rings is 1. The topological polar surface area (TPSA) is 67.9 Å². The Hall–Kier alpha value is -2.08. The summed E-state index contributed by atoms with van der Waals surface area (Å²) in [5.74, 6) is -0.659. The van der Waals surface area contributed by atoms with Gasteiger partial charge in [0.25, 0.3) is 5.91 Å². The predicted molar refractivity (Wildman–Crippen MR) is 73.6 cm³/mol. The molecule has 1 aliphatic rings. The average Bonchev–Trinajstić information content (AvgIpc) is 2.53. The molecule has 108 valence electrons. The first-order valence-electron chi connectivity index (χ1n) is 6.42. The van der Waals surface area contributed by atoms with E-state index >= 15 is 0 Å². The average molecular weight is 278 g/mol. The lowest BCUT2D eigenvalue weighted by molar-refractivity contribution is -0.151. The molecule has 1 aromatic carbocycles. The minimum absolute atomic E-state index is 0.167. The van der Waals surface area contributed by atoms with Gasteiger partial charge in [0.05, 0.1) is 25.9 Å². The van der Waals surface area contributed by atoms with Gasteiger partial charge in [0.2, 0.25) is 0 Å². The molecule has 0 spiro atoms. The summed E-state index contributed by atoms with van der Waals surface area (Å²) < 4.78 is 10.0. The Morgan fingerprint density at radius 1 is 1.40 bits per heavy atom. The third-order valence-corrected chi connectivity index (χ3v) is 3.29. The van der Waals surface area contributed by atoms with Crippen molar-refractivity contribution in [2.75, 3.05) is 39.2 Å². The first-order chi connectivity index (χ1) is 9.69. The van der Waals surface area contributed by atoms with Crippen molar-refractivity contribution in [1.29, 1.82) is 0 Å². The molecular weight excluding hydrogens is 260 g/mol. The SMILES string of the molecule is CNc1ccccc1C(=O)N1CCOCC1C(=O)OC. The number of anilines is 1. The van der Waals surface area contributed by atoms with E-state index in [2.05, 4.69) is 5.32 Å². The second-order valence-corrected chi connectivity index (χ2v) is 4.41. The Morgan fingerprint density at radius 2 is 2.15 bits per heavy atom. The zero-order chi connectivity index (χ0) is 14.5. The van der Waals surface area contributed by atoms with Gasteiger partial charge in [0.15, 0.2) is 6.04 Å². The standard InChI is InChI=1S/C14H18N2O4/c1-15-11-6-4-3-5-10(11)13(17)16-7-8-20-9-12(16)14(18)19-2/h3-6,12,15H,7-9H2,1-2H3. The summed E-state index contributed by atoms with van der Waals surface area (Å²) in [6.07, 6.45) is 0. The Labute approximate surface area is 117 Å². The van der Waals surface area contributed by atoms with Crippen LogP contribution in [0.2, 0.25) is 0 Å². The fourth-order valence-corrected chi connectivity index (χ4v) is 2.22. The maximum absolute atomic E-state index is 12.6. The van der Waals surface area contributed by atoms with Crippen molar-refractivity contribution in [1.82, 2.24) is 4.90 Å². The fourth-order valence-electron chi connectivity index (χ4n) is 2.22. The number of benzene rings is 1. The number of carbonyl (C=O) groups excluding carboxylic acids is 2. The molecule has 0 bridgehead atoms. The third-order valence-electron chi connectivity index (χ3n) is 3.29. The van der Waals surface area contributed by atoms with Crippen LogP contribution in [-0.4, -0.2) is 56.7 Å². The second kappa shape index (κ2) is 6.38. The highest BCUT2D eigenvalue weighted by molar-refractivity contribution is 6.01. The van der Waals surface area contributed by atoms with Crippen LogP contribution in [0.5, 0.6) is 0 Å². The van der Waals surface area contributed by atoms with E-state index in [9.17, 15) is 9.59 Å². The van der Waals surface area contributed by atoms with E-state index in [4.69, 9.17) is 9.47 Å². The van der Waals surface area contributed by atoms with Crippen LogP contribution in [0.4, 0.5) is 5.69 Å². The molecular formula is C14H18N2O4. The monoisotopic (exact) mass is 278 g/mol. The molecule has 2 rings (SSSR count). The van der Waals surface area contributed by atoms with Gasteiger partial charge in [-0.25, -0.2) is 4.79 Å². The van der Waals surface area contributed by atoms with E-state index in [1.165, 1.54) is 12.0 Å². The van der Waals surface area contributed by atoms with Gasteiger partial charge in [-0.1, -0.05) is 12.1 Å². The molecule has 1 amide bonds. The minimum Gasteiger partial charge on any atom is -0.467 e. The summed E-state index contributed by atoms with van der Waals surface area (Å²) in [5, 5.41) is 2.98. The van der Waals surface area contributed by atoms with Crippen molar-refractivity contribution in [2.24, 2.45) is 0 Å². The molecule has 20 heavy (non-hydrogen) atoms. The zero-order valence-corrected chi connectivity index (χ0v) is 11.6. The van der Waals surface area contributed by atoms with Crippen molar-refractivity contribution in [3.8, 4) is 0 Å². The molecule has 1 heterocycles. The lowest BCUT2D eigenvalue weighted by Gasteiger charge is -2.34. The highest BCUT2D eigenvalue weighted by Crippen LogP contribution is 2.19. The molecule has 1 saturated heterocycles. The van der Waals surface area contributed by atoms with Crippen molar-refractivity contribution in [3.05, 3.63) is 29.8 Å². The molecule has 0 radical (unpaired) electrons. The Balaban J connectivity index is 2.27. The molecule has 6 nitrogen and oxygen atoms in total. The quantitative estimate of drug-likeness (QED) is 0.826. The number of methoxy groups -OCH3 is 1. The number of para-hydroxylation sites is 1. The minimum atomic E-state index is -0.689. The highest BCUT2D eigenvalue weighted by Gasteiger charge is 2.34. The molecule has 0 aliphatic carbocycles. The van der Waals surface area contributed by atoms with Crippen LogP contribution in [0.25, 0.3) is 0 Å². The molecule has 1 fully saturated rings. The highest BCUT2D eigenvalue weighted by atomic mass is 16.5. The molecule has 1 unspecified atom stereocenters. The molecule has 6 heteroatoms. The molecule has 1 aliphatic heterocycles. The van der Waals surface area contributed by atoms with E-state index in [1.807, 2.05) is 12.1 Å². The van der Waals surface area contributed by atoms with Gasteiger partial charge in [-0.05, 0) is 12.1 Å². The Bertz CT molecular complexity index is 504. The number of esters is 1. The molecule has 1 atom stereocenters. The lowest BCUT2D eigenvalue weighted by Crippen LogP contribution is -2.53. The number of nitrogens with zero attached hydrogens (tertiary/aromatic N) is 1. The smallest absolute Gasteiger partial charge is 0.331 e. The van der Waals surface area contributed by atoms with Crippen molar-refractivity contribution < 1.29 is 19.1 Å². The van der Waals surface area contributed by atoms with Gasteiger partial charge in [-0.3, -0.25) is 4.79 Å². The maximum atomic E-state index is 12.6. The first kappa shape index (κ1) is 14.3. The number of ether oxygens (including phenoxy) is 2. The number of carbonyl (C=O) groups is 2. The summed E-state index contributed by atoms with van der Waals surface area (Å²) in [4.78, 5) is 25.9. The number of hydrogen-bond donors (Lipinski definition) is 1. The van der Waals surface area contributed by atoms with E-state index in [1.54, 1.807) is 19.2 Å². The van der Waals surface area contributed by atoms with Gasteiger partial charge in [0, 0.05) is 19.3 Å². The zero-order valence-electron chi connectivity index (χ0n) is 11.6. The van der Waals surface area contributed by atoms with Gasteiger partial charge in [-0.2, -0.15) is 0 Å². The number of hydrogen-bond acceptors (Lipinski definition) is 5. The van der Waals surface area contributed by atoms with Crippen LogP contribution in [-0.2, 0) is 14.3 Å². The Kier molecular flexibility index (Phi) is 4.57. The number of amides is 1. The summed E-state index contributed by atoms with van der Waals surface area (Å²) in [6, 6.07) is 6.51. The van der Waals surface area contributed by atoms with Gasteiger partial charge < -0.3 is 19.7 Å². The third kappa shape index (κ3) is 2.75. The van der Waals surface area contributed by atoms with Crippen LogP contribution in [0.1, 0.15) is 10.4 Å². The molecule has 0 aromatic heterocycles.